The van der Waals surface area contributed by atoms with Crippen LogP contribution in [0.4, 0.5) is 0 Å². The predicted molar refractivity (Wildman–Crippen MR) is 94.4 cm³/mol. The number of aromatic amines is 1. The normalized spacial score (nSPS) is 11.7. The molecule has 2 amide bonds. The molecular formula is C19H17N3O3. The van der Waals surface area contributed by atoms with E-state index in [1.54, 1.807) is 36.5 Å². The maximum atomic E-state index is 12.6. The Labute approximate surface area is 144 Å². The van der Waals surface area contributed by atoms with Crippen molar-refractivity contribution in [2.75, 3.05) is 7.05 Å². The zero-order valence-corrected chi connectivity index (χ0v) is 13.6. The van der Waals surface area contributed by atoms with Crippen molar-refractivity contribution in [1.29, 1.82) is 0 Å². The van der Waals surface area contributed by atoms with Gasteiger partial charge in [-0.15, -0.1) is 0 Å². The number of likely N-dealkylation sites (N-methyl/N-ethyl adjacent to an activating group) is 1. The van der Waals surface area contributed by atoms with Gasteiger partial charge in [0.25, 0.3) is 5.91 Å². The van der Waals surface area contributed by atoms with E-state index in [2.05, 4.69) is 15.6 Å². The molecule has 0 aliphatic heterocycles. The fourth-order valence-electron chi connectivity index (χ4n) is 2.69. The average Bonchev–Trinajstić information content (AvgIpc) is 3.08. The van der Waals surface area contributed by atoms with Gasteiger partial charge in [0, 0.05) is 35.3 Å². The quantitative estimate of drug-likeness (QED) is 0.624. The standard InChI is InChI=1S/C19H17N3O3/c1-20-19(25)17(12-5-3-2-4-6-12)22-18(24)13-7-8-15-14(11-23)10-21-16(15)9-13/h2-11,17,21H,1H3,(H,20,25)(H,22,24). The summed E-state index contributed by atoms with van der Waals surface area (Å²) in [6, 6.07) is 13.2. The third kappa shape index (κ3) is 3.28. The summed E-state index contributed by atoms with van der Waals surface area (Å²) in [6.07, 6.45) is 2.35. The van der Waals surface area contributed by atoms with Crippen molar-refractivity contribution in [1.82, 2.24) is 15.6 Å². The van der Waals surface area contributed by atoms with Gasteiger partial charge >= 0.3 is 0 Å². The molecule has 1 heterocycles. The summed E-state index contributed by atoms with van der Waals surface area (Å²) in [6.45, 7) is 0. The fraction of sp³-hybridized carbons (Fsp3) is 0.105. The monoisotopic (exact) mass is 335 g/mol. The van der Waals surface area contributed by atoms with Gasteiger partial charge in [-0.05, 0) is 17.7 Å². The summed E-state index contributed by atoms with van der Waals surface area (Å²) in [4.78, 5) is 38.7. The number of fused-ring (bicyclic) bond motifs is 1. The van der Waals surface area contributed by atoms with Crippen LogP contribution in [0, 0.1) is 0 Å². The van der Waals surface area contributed by atoms with Gasteiger partial charge in [-0.3, -0.25) is 14.4 Å². The first-order valence-electron chi connectivity index (χ1n) is 7.77. The van der Waals surface area contributed by atoms with Gasteiger partial charge in [-0.2, -0.15) is 0 Å². The highest BCUT2D eigenvalue weighted by Gasteiger charge is 2.22. The van der Waals surface area contributed by atoms with Gasteiger partial charge in [0.15, 0.2) is 6.29 Å². The van der Waals surface area contributed by atoms with Crippen molar-refractivity contribution in [3.63, 3.8) is 0 Å². The summed E-state index contributed by atoms with van der Waals surface area (Å²) < 4.78 is 0. The van der Waals surface area contributed by atoms with E-state index in [1.165, 1.54) is 7.05 Å². The number of aromatic nitrogens is 1. The molecule has 0 spiro atoms. The minimum Gasteiger partial charge on any atom is -0.360 e. The van der Waals surface area contributed by atoms with Crippen molar-refractivity contribution in [2.24, 2.45) is 0 Å². The summed E-state index contributed by atoms with van der Waals surface area (Å²) in [5, 5.41) is 6.06. The topological polar surface area (TPSA) is 91.1 Å². The van der Waals surface area contributed by atoms with E-state index >= 15 is 0 Å². The Hall–Kier alpha value is -3.41. The van der Waals surface area contributed by atoms with E-state index in [4.69, 9.17) is 0 Å². The Morgan fingerprint density at radius 2 is 1.88 bits per heavy atom. The van der Waals surface area contributed by atoms with Crippen LogP contribution in [-0.4, -0.2) is 30.1 Å². The van der Waals surface area contributed by atoms with E-state index in [1.807, 2.05) is 18.2 Å². The zero-order chi connectivity index (χ0) is 17.8. The molecule has 3 N–H and O–H groups in total. The Bertz CT molecular complexity index is 931. The van der Waals surface area contributed by atoms with Crippen molar-refractivity contribution >= 4 is 29.0 Å². The van der Waals surface area contributed by atoms with Crippen LogP contribution in [0.1, 0.15) is 32.3 Å². The predicted octanol–water partition coefficient (Wildman–Crippen LogP) is 2.20. The van der Waals surface area contributed by atoms with Crippen LogP contribution in [-0.2, 0) is 4.79 Å². The van der Waals surface area contributed by atoms with Crippen molar-refractivity contribution in [3.8, 4) is 0 Å². The van der Waals surface area contributed by atoms with Crippen LogP contribution in [0.2, 0.25) is 0 Å². The lowest BCUT2D eigenvalue weighted by molar-refractivity contribution is -0.122. The van der Waals surface area contributed by atoms with Crippen molar-refractivity contribution in [3.05, 3.63) is 71.4 Å². The third-order valence-electron chi connectivity index (χ3n) is 4.02. The Morgan fingerprint density at radius 1 is 1.12 bits per heavy atom. The van der Waals surface area contributed by atoms with Gasteiger partial charge < -0.3 is 15.6 Å². The average molecular weight is 335 g/mol. The molecule has 0 saturated heterocycles. The summed E-state index contributed by atoms with van der Waals surface area (Å²) in [5.41, 5.74) is 2.32. The van der Waals surface area contributed by atoms with Crippen LogP contribution >= 0.6 is 0 Å². The molecule has 1 aromatic heterocycles. The van der Waals surface area contributed by atoms with E-state index in [0.29, 0.717) is 22.2 Å². The molecule has 1 unspecified atom stereocenters. The van der Waals surface area contributed by atoms with Crippen molar-refractivity contribution in [2.45, 2.75) is 6.04 Å². The second-order valence-corrected chi connectivity index (χ2v) is 5.55. The van der Waals surface area contributed by atoms with Crippen LogP contribution in [0.25, 0.3) is 10.9 Å². The van der Waals surface area contributed by atoms with E-state index < -0.39 is 6.04 Å². The minimum atomic E-state index is -0.788. The SMILES string of the molecule is CNC(=O)C(NC(=O)c1ccc2c(C=O)c[nH]c2c1)c1ccccc1. The Kier molecular flexibility index (Phi) is 4.61. The highest BCUT2D eigenvalue weighted by molar-refractivity contribution is 6.03. The van der Waals surface area contributed by atoms with Crippen LogP contribution in [0.3, 0.4) is 0 Å². The number of rotatable bonds is 5. The molecule has 0 bridgehead atoms. The lowest BCUT2D eigenvalue weighted by Gasteiger charge is -2.17. The fourth-order valence-corrected chi connectivity index (χ4v) is 2.69. The lowest BCUT2D eigenvalue weighted by atomic mass is 10.0. The van der Waals surface area contributed by atoms with Gasteiger partial charge in [0.2, 0.25) is 5.91 Å². The highest BCUT2D eigenvalue weighted by Crippen LogP contribution is 2.19. The number of nitrogens with one attached hydrogen (secondary N) is 3. The molecule has 6 nitrogen and oxygen atoms in total. The highest BCUT2D eigenvalue weighted by atomic mass is 16.2. The molecule has 0 radical (unpaired) electrons. The van der Waals surface area contributed by atoms with Gasteiger partial charge in [-0.1, -0.05) is 36.4 Å². The second-order valence-electron chi connectivity index (χ2n) is 5.55. The largest absolute Gasteiger partial charge is 0.360 e. The van der Waals surface area contributed by atoms with E-state index in [0.717, 1.165) is 11.7 Å². The smallest absolute Gasteiger partial charge is 0.252 e. The maximum absolute atomic E-state index is 12.6. The van der Waals surface area contributed by atoms with Gasteiger partial charge in [0.05, 0.1) is 0 Å². The third-order valence-corrected chi connectivity index (χ3v) is 4.02. The molecule has 2 aromatic carbocycles. The minimum absolute atomic E-state index is 0.302. The molecule has 1 atom stereocenters. The lowest BCUT2D eigenvalue weighted by Crippen LogP contribution is -2.39. The number of carbonyl (C=O) groups excluding carboxylic acids is 3. The molecule has 0 aliphatic rings. The summed E-state index contributed by atoms with van der Waals surface area (Å²) in [7, 11) is 1.52. The van der Waals surface area contributed by atoms with Crippen molar-refractivity contribution < 1.29 is 14.4 Å². The molecule has 126 valence electrons. The van der Waals surface area contributed by atoms with E-state index in [9.17, 15) is 14.4 Å². The first kappa shape index (κ1) is 16.4. The van der Waals surface area contributed by atoms with Gasteiger partial charge in [0.1, 0.15) is 6.04 Å². The first-order chi connectivity index (χ1) is 12.1. The Balaban J connectivity index is 1.88. The summed E-state index contributed by atoms with van der Waals surface area (Å²) in [5.74, 6) is -0.676. The van der Waals surface area contributed by atoms with Crippen LogP contribution in [0.5, 0.6) is 0 Å². The molecular weight excluding hydrogens is 318 g/mol. The zero-order valence-electron chi connectivity index (χ0n) is 13.6. The number of amides is 2. The number of carbonyl (C=O) groups is 3. The number of hydrogen-bond acceptors (Lipinski definition) is 3. The molecule has 6 heteroatoms. The van der Waals surface area contributed by atoms with Crippen LogP contribution in [0.15, 0.2) is 54.7 Å². The molecule has 3 rings (SSSR count). The first-order valence-corrected chi connectivity index (χ1v) is 7.77. The molecule has 3 aromatic rings. The maximum Gasteiger partial charge on any atom is 0.252 e. The molecule has 0 fully saturated rings. The molecule has 0 aliphatic carbocycles. The summed E-state index contributed by atoms with van der Waals surface area (Å²) >= 11 is 0. The number of hydrogen-bond donors (Lipinski definition) is 3. The number of benzene rings is 2. The molecule has 0 saturated carbocycles. The van der Waals surface area contributed by atoms with E-state index in [-0.39, 0.29) is 11.8 Å². The second kappa shape index (κ2) is 7.00. The van der Waals surface area contributed by atoms with Gasteiger partial charge in [-0.25, -0.2) is 0 Å². The van der Waals surface area contributed by atoms with Crippen LogP contribution < -0.4 is 10.6 Å². The molecule has 25 heavy (non-hydrogen) atoms. The number of H-pyrrole nitrogens is 1. The number of aldehydes is 1. The Morgan fingerprint density at radius 3 is 2.56 bits per heavy atom.